The molecule has 1 rings (SSSR count). The summed E-state index contributed by atoms with van der Waals surface area (Å²) >= 11 is 0. The van der Waals surface area contributed by atoms with E-state index in [0.29, 0.717) is 17.6 Å². The Morgan fingerprint density at radius 1 is 1.28 bits per heavy atom. The van der Waals surface area contributed by atoms with Gasteiger partial charge in [-0.05, 0) is 38.3 Å². The fraction of sp³-hybridized carbons (Fsp3) is 0.938. The third-order valence-corrected chi connectivity index (χ3v) is 4.65. The van der Waals surface area contributed by atoms with Crippen molar-refractivity contribution in [1.29, 1.82) is 0 Å². The highest BCUT2D eigenvalue weighted by Crippen LogP contribution is 2.27. The molecule has 0 radical (unpaired) electrons. The smallest absolute Gasteiger partial charge is 0.150 e. The van der Waals surface area contributed by atoms with Gasteiger partial charge in [0.25, 0.3) is 0 Å². The predicted molar refractivity (Wildman–Crippen MR) is 77.7 cm³/mol. The minimum absolute atomic E-state index is 0.164. The highest BCUT2D eigenvalue weighted by atomic mass is 16.1. The van der Waals surface area contributed by atoms with Crippen LogP contribution < -0.4 is 0 Å². The first-order chi connectivity index (χ1) is 8.57. The Bertz CT molecular complexity index is 251. The number of hydrogen-bond acceptors (Lipinski definition) is 2. The highest BCUT2D eigenvalue weighted by Gasteiger charge is 2.31. The van der Waals surface area contributed by atoms with Crippen molar-refractivity contribution in [3.63, 3.8) is 0 Å². The SMILES string of the molecule is CCCCC(C)C(C)C1C(=O)CCCCCN1C. The van der Waals surface area contributed by atoms with Crippen LogP contribution in [-0.2, 0) is 4.79 Å². The molecule has 3 atom stereocenters. The van der Waals surface area contributed by atoms with Crippen molar-refractivity contribution in [2.45, 2.75) is 71.8 Å². The van der Waals surface area contributed by atoms with Crippen LogP contribution in [0.25, 0.3) is 0 Å². The second kappa shape index (κ2) is 7.93. The lowest BCUT2D eigenvalue weighted by atomic mass is 9.81. The molecule has 1 aliphatic rings. The summed E-state index contributed by atoms with van der Waals surface area (Å²) in [5, 5.41) is 0. The molecule has 3 unspecified atom stereocenters. The fourth-order valence-corrected chi connectivity index (χ4v) is 3.16. The Hall–Kier alpha value is -0.370. The van der Waals surface area contributed by atoms with Crippen molar-refractivity contribution in [3.8, 4) is 0 Å². The molecule has 0 aromatic heterocycles. The number of likely N-dealkylation sites (tertiary alicyclic amines) is 1. The molecule has 0 bridgehead atoms. The van der Waals surface area contributed by atoms with Crippen LogP contribution in [-0.4, -0.2) is 30.3 Å². The van der Waals surface area contributed by atoms with Gasteiger partial charge in [-0.3, -0.25) is 9.69 Å². The van der Waals surface area contributed by atoms with Crippen LogP contribution in [0.2, 0.25) is 0 Å². The van der Waals surface area contributed by atoms with Gasteiger partial charge in [0.15, 0.2) is 0 Å². The standard InChI is InChI=1S/C16H31NO/c1-5-6-10-13(2)14(3)16-15(18)11-8-7-9-12-17(16)4/h13-14,16H,5-12H2,1-4H3. The normalized spacial score (nSPS) is 26.4. The molecule has 0 N–H and O–H groups in total. The quantitative estimate of drug-likeness (QED) is 0.741. The summed E-state index contributed by atoms with van der Waals surface area (Å²) in [6.45, 7) is 7.92. The molecule has 0 amide bonds. The van der Waals surface area contributed by atoms with Crippen LogP contribution >= 0.6 is 0 Å². The molecule has 1 heterocycles. The van der Waals surface area contributed by atoms with Crippen molar-refractivity contribution in [3.05, 3.63) is 0 Å². The predicted octanol–water partition coefficient (Wildman–Crippen LogP) is 3.89. The second-order valence-electron chi connectivity index (χ2n) is 6.18. The Kier molecular flexibility index (Phi) is 6.91. The van der Waals surface area contributed by atoms with Gasteiger partial charge in [-0.25, -0.2) is 0 Å². The van der Waals surface area contributed by atoms with E-state index < -0.39 is 0 Å². The van der Waals surface area contributed by atoms with Crippen LogP contribution in [0.15, 0.2) is 0 Å². The first-order valence-corrected chi connectivity index (χ1v) is 7.80. The highest BCUT2D eigenvalue weighted by molar-refractivity contribution is 5.84. The minimum atomic E-state index is 0.164. The van der Waals surface area contributed by atoms with Gasteiger partial charge in [-0.1, -0.05) is 46.5 Å². The average Bonchev–Trinajstić information content (AvgIpc) is 2.33. The maximum absolute atomic E-state index is 12.4. The Labute approximate surface area is 113 Å². The number of unbranched alkanes of at least 4 members (excludes halogenated alkanes) is 1. The van der Waals surface area contributed by atoms with Gasteiger partial charge in [0.1, 0.15) is 5.78 Å². The first kappa shape index (κ1) is 15.7. The maximum Gasteiger partial charge on any atom is 0.150 e. The molecule has 0 saturated carbocycles. The zero-order chi connectivity index (χ0) is 13.5. The number of ketones is 1. The van der Waals surface area contributed by atoms with Crippen molar-refractivity contribution >= 4 is 5.78 Å². The van der Waals surface area contributed by atoms with Crippen LogP contribution in [0.3, 0.4) is 0 Å². The van der Waals surface area contributed by atoms with E-state index in [4.69, 9.17) is 0 Å². The van der Waals surface area contributed by atoms with E-state index in [1.54, 1.807) is 0 Å². The molecule has 0 aliphatic carbocycles. The Morgan fingerprint density at radius 2 is 2.00 bits per heavy atom. The average molecular weight is 253 g/mol. The van der Waals surface area contributed by atoms with Gasteiger partial charge < -0.3 is 0 Å². The Balaban J connectivity index is 2.64. The zero-order valence-electron chi connectivity index (χ0n) is 12.7. The molecular formula is C16H31NO. The molecule has 1 fully saturated rings. The number of likely N-dealkylation sites (N-methyl/N-ethyl adjacent to an activating group) is 1. The van der Waals surface area contributed by atoms with Gasteiger partial charge in [-0.2, -0.15) is 0 Å². The van der Waals surface area contributed by atoms with Crippen molar-refractivity contribution in [2.24, 2.45) is 11.8 Å². The lowest BCUT2D eigenvalue weighted by Gasteiger charge is -2.36. The number of carbonyl (C=O) groups is 1. The van der Waals surface area contributed by atoms with Crippen molar-refractivity contribution in [2.75, 3.05) is 13.6 Å². The molecule has 0 aromatic rings. The van der Waals surface area contributed by atoms with Crippen LogP contribution in [0.1, 0.15) is 65.7 Å². The monoisotopic (exact) mass is 253 g/mol. The second-order valence-corrected chi connectivity index (χ2v) is 6.18. The lowest BCUT2D eigenvalue weighted by molar-refractivity contribution is -0.127. The topological polar surface area (TPSA) is 20.3 Å². The van der Waals surface area contributed by atoms with E-state index in [1.165, 1.54) is 32.1 Å². The summed E-state index contributed by atoms with van der Waals surface area (Å²) in [7, 11) is 2.14. The molecule has 2 heteroatoms. The third kappa shape index (κ3) is 4.38. The van der Waals surface area contributed by atoms with Gasteiger partial charge >= 0.3 is 0 Å². The summed E-state index contributed by atoms with van der Waals surface area (Å²) in [5.74, 6) is 1.63. The number of hydrogen-bond donors (Lipinski definition) is 0. The summed E-state index contributed by atoms with van der Waals surface area (Å²) in [6, 6.07) is 0.164. The van der Waals surface area contributed by atoms with Crippen LogP contribution in [0, 0.1) is 11.8 Å². The molecular weight excluding hydrogens is 222 g/mol. The summed E-state index contributed by atoms with van der Waals surface area (Å²) in [6.07, 6.45) is 8.15. The largest absolute Gasteiger partial charge is 0.298 e. The third-order valence-electron chi connectivity index (χ3n) is 4.65. The summed E-state index contributed by atoms with van der Waals surface area (Å²) in [4.78, 5) is 14.7. The molecule has 0 spiro atoms. The van der Waals surface area contributed by atoms with Crippen molar-refractivity contribution in [1.82, 2.24) is 4.90 Å². The van der Waals surface area contributed by atoms with Gasteiger partial charge in [-0.15, -0.1) is 0 Å². The van der Waals surface area contributed by atoms with E-state index >= 15 is 0 Å². The molecule has 1 aliphatic heterocycles. The van der Waals surface area contributed by atoms with Gasteiger partial charge in [0.05, 0.1) is 6.04 Å². The van der Waals surface area contributed by atoms with Crippen LogP contribution in [0.4, 0.5) is 0 Å². The number of carbonyl (C=O) groups excluding carboxylic acids is 1. The Morgan fingerprint density at radius 3 is 2.67 bits per heavy atom. The molecule has 0 aromatic carbocycles. The fourth-order valence-electron chi connectivity index (χ4n) is 3.16. The molecule has 18 heavy (non-hydrogen) atoms. The maximum atomic E-state index is 12.4. The van der Waals surface area contributed by atoms with Gasteiger partial charge in [0, 0.05) is 6.42 Å². The van der Waals surface area contributed by atoms with E-state index in [1.807, 2.05) is 0 Å². The van der Waals surface area contributed by atoms with Crippen LogP contribution in [0.5, 0.6) is 0 Å². The van der Waals surface area contributed by atoms with Gasteiger partial charge in [0.2, 0.25) is 0 Å². The number of Topliss-reactive ketones (excluding diaryl/α,β-unsaturated/α-hetero) is 1. The summed E-state index contributed by atoms with van der Waals surface area (Å²) in [5.41, 5.74) is 0. The zero-order valence-corrected chi connectivity index (χ0v) is 12.7. The lowest BCUT2D eigenvalue weighted by Crippen LogP contribution is -2.46. The van der Waals surface area contributed by atoms with E-state index in [0.717, 1.165) is 19.4 Å². The number of rotatable bonds is 5. The van der Waals surface area contributed by atoms with E-state index in [-0.39, 0.29) is 6.04 Å². The van der Waals surface area contributed by atoms with E-state index in [2.05, 4.69) is 32.7 Å². The van der Waals surface area contributed by atoms with E-state index in [9.17, 15) is 4.79 Å². The summed E-state index contributed by atoms with van der Waals surface area (Å²) < 4.78 is 0. The number of nitrogens with zero attached hydrogens (tertiary/aromatic N) is 1. The van der Waals surface area contributed by atoms with Crippen molar-refractivity contribution < 1.29 is 4.79 Å². The molecule has 2 nitrogen and oxygen atoms in total. The molecule has 106 valence electrons. The minimum Gasteiger partial charge on any atom is -0.298 e. The first-order valence-electron chi connectivity index (χ1n) is 7.80. The molecule has 1 saturated heterocycles.